The molecule has 0 amide bonds. The maximum absolute atomic E-state index is 12.2. The Morgan fingerprint density at radius 1 is 1.25 bits per heavy atom. The summed E-state index contributed by atoms with van der Waals surface area (Å²) >= 11 is 0. The molecule has 2 rings (SSSR count). The van der Waals surface area contributed by atoms with E-state index in [1.807, 2.05) is 0 Å². The van der Waals surface area contributed by atoms with E-state index in [0.717, 1.165) is 0 Å². The van der Waals surface area contributed by atoms with Crippen LogP contribution in [0.4, 0.5) is 13.2 Å². The summed E-state index contributed by atoms with van der Waals surface area (Å²) in [7, 11) is 0. The molecule has 0 saturated carbocycles. The summed E-state index contributed by atoms with van der Waals surface area (Å²) in [5, 5.41) is 0. The summed E-state index contributed by atoms with van der Waals surface area (Å²) in [5.74, 6) is -2.97. The van der Waals surface area contributed by atoms with Crippen molar-refractivity contribution in [3.05, 3.63) is 35.4 Å². The molecule has 0 fully saturated rings. The van der Waals surface area contributed by atoms with Gasteiger partial charge in [0.1, 0.15) is 0 Å². The number of halogens is 3. The minimum Gasteiger partial charge on any atom is -0.445 e. The van der Waals surface area contributed by atoms with E-state index in [1.54, 1.807) is 0 Å². The third-order valence-electron chi connectivity index (χ3n) is 2.21. The highest BCUT2D eigenvalue weighted by atomic mass is 19.4. The summed E-state index contributed by atoms with van der Waals surface area (Å²) < 4.78 is 41.0. The fourth-order valence-electron chi connectivity index (χ4n) is 1.49. The third kappa shape index (κ3) is 1.56. The molecule has 16 heavy (non-hydrogen) atoms. The van der Waals surface area contributed by atoms with Crippen molar-refractivity contribution in [2.75, 3.05) is 0 Å². The zero-order valence-corrected chi connectivity index (χ0v) is 7.75. The van der Waals surface area contributed by atoms with Crippen molar-refractivity contribution < 1.29 is 27.5 Å². The summed E-state index contributed by atoms with van der Waals surface area (Å²) in [6.07, 6.45) is -6.87. The number of Topliss-reactive ketones (excluding diaryl/α,β-unsaturated/α-hetero) is 1. The molecule has 0 spiro atoms. The van der Waals surface area contributed by atoms with Crippen LogP contribution in [0.5, 0.6) is 0 Å². The highest BCUT2D eigenvalue weighted by Crippen LogP contribution is 2.35. The standard InChI is InChI=1S/C10H5F3O3/c11-10(12,13)8(14)7-5-3-1-2-4-6(5)9(15)16-7/h1-4,7H. The molecule has 3 nitrogen and oxygen atoms in total. The van der Waals surface area contributed by atoms with Crippen LogP contribution in [0.1, 0.15) is 22.0 Å². The minimum atomic E-state index is -5.01. The molecule has 1 atom stereocenters. The SMILES string of the molecule is O=C1OC(C(=O)C(F)(F)F)c2ccccc21. The third-order valence-corrected chi connectivity index (χ3v) is 2.21. The molecule has 0 bridgehead atoms. The summed E-state index contributed by atoms with van der Waals surface area (Å²) in [4.78, 5) is 22.1. The lowest BCUT2D eigenvalue weighted by molar-refractivity contribution is -0.179. The molecule has 6 heteroatoms. The van der Waals surface area contributed by atoms with Crippen molar-refractivity contribution in [1.82, 2.24) is 0 Å². The first-order valence-corrected chi connectivity index (χ1v) is 4.32. The molecule has 1 heterocycles. The number of fused-ring (bicyclic) bond motifs is 1. The van der Waals surface area contributed by atoms with Gasteiger partial charge in [0, 0.05) is 5.56 Å². The number of rotatable bonds is 1. The molecule has 1 aliphatic heterocycles. The van der Waals surface area contributed by atoms with Crippen molar-refractivity contribution >= 4 is 11.8 Å². The number of ether oxygens (including phenoxy) is 1. The Morgan fingerprint density at radius 3 is 2.50 bits per heavy atom. The average Bonchev–Trinajstić information content (AvgIpc) is 2.55. The van der Waals surface area contributed by atoms with Gasteiger partial charge in [-0.3, -0.25) is 4.79 Å². The van der Waals surface area contributed by atoms with E-state index in [2.05, 4.69) is 4.74 Å². The molecular weight excluding hydrogens is 225 g/mol. The van der Waals surface area contributed by atoms with Gasteiger partial charge < -0.3 is 4.74 Å². The molecule has 0 aromatic heterocycles. The number of benzene rings is 1. The smallest absolute Gasteiger partial charge is 0.445 e. The van der Waals surface area contributed by atoms with E-state index in [-0.39, 0.29) is 11.1 Å². The predicted molar refractivity (Wildman–Crippen MR) is 45.7 cm³/mol. The number of cyclic esters (lactones) is 1. The van der Waals surface area contributed by atoms with Gasteiger partial charge in [0.2, 0.25) is 0 Å². The van der Waals surface area contributed by atoms with Crippen molar-refractivity contribution in [3.8, 4) is 0 Å². The predicted octanol–water partition coefficient (Wildman–Crippen LogP) is 2.03. The average molecular weight is 230 g/mol. The Balaban J connectivity index is 2.42. The lowest BCUT2D eigenvalue weighted by Gasteiger charge is -2.11. The molecular formula is C10H5F3O3. The monoisotopic (exact) mass is 230 g/mol. The van der Waals surface area contributed by atoms with E-state index >= 15 is 0 Å². The fourth-order valence-corrected chi connectivity index (χ4v) is 1.49. The number of carbonyl (C=O) groups is 2. The Morgan fingerprint density at radius 2 is 1.88 bits per heavy atom. The molecule has 84 valence electrons. The zero-order valence-electron chi connectivity index (χ0n) is 7.75. The van der Waals surface area contributed by atoms with Crippen molar-refractivity contribution in [2.24, 2.45) is 0 Å². The van der Waals surface area contributed by atoms with Gasteiger partial charge in [0.15, 0.2) is 6.10 Å². The van der Waals surface area contributed by atoms with Crippen LogP contribution in [0.3, 0.4) is 0 Å². The topological polar surface area (TPSA) is 43.4 Å². The van der Waals surface area contributed by atoms with Gasteiger partial charge >= 0.3 is 12.1 Å². The van der Waals surface area contributed by atoms with Crippen molar-refractivity contribution in [3.63, 3.8) is 0 Å². The Hall–Kier alpha value is -1.85. The largest absolute Gasteiger partial charge is 0.454 e. The van der Waals surface area contributed by atoms with Crippen LogP contribution < -0.4 is 0 Å². The van der Waals surface area contributed by atoms with E-state index in [9.17, 15) is 22.8 Å². The van der Waals surface area contributed by atoms with E-state index < -0.39 is 24.0 Å². The van der Waals surface area contributed by atoms with Crippen LogP contribution in [0.15, 0.2) is 24.3 Å². The number of esters is 1. The second-order valence-corrected chi connectivity index (χ2v) is 3.23. The summed E-state index contributed by atoms with van der Waals surface area (Å²) in [6.45, 7) is 0. The lowest BCUT2D eigenvalue weighted by Crippen LogP contribution is -2.29. The molecule has 1 aromatic rings. The van der Waals surface area contributed by atoms with Crippen molar-refractivity contribution in [1.29, 1.82) is 0 Å². The molecule has 0 N–H and O–H groups in total. The van der Waals surface area contributed by atoms with E-state index in [1.165, 1.54) is 24.3 Å². The van der Waals surface area contributed by atoms with Gasteiger partial charge in [-0.15, -0.1) is 0 Å². The molecule has 1 unspecified atom stereocenters. The molecule has 1 aromatic carbocycles. The first-order chi connectivity index (χ1) is 7.41. The van der Waals surface area contributed by atoms with Crippen LogP contribution in [-0.2, 0) is 9.53 Å². The summed E-state index contributed by atoms with van der Waals surface area (Å²) in [5.41, 5.74) is -0.0278. The maximum Gasteiger partial charge on any atom is 0.454 e. The Kier molecular flexibility index (Phi) is 2.22. The minimum absolute atomic E-state index is 0.00472. The quantitative estimate of drug-likeness (QED) is 0.693. The van der Waals surface area contributed by atoms with Gasteiger partial charge in [-0.05, 0) is 6.07 Å². The Labute approximate surface area is 87.8 Å². The van der Waals surface area contributed by atoms with Crippen molar-refractivity contribution in [2.45, 2.75) is 12.3 Å². The lowest BCUT2D eigenvalue weighted by atomic mass is 10.0. The van der Waals surface area contributed by atoms with Crippen LogP contribution in [-0.4, -0.2) is 17.9 Å². The zero-order chi connectivity index (χ0) is 11.9. The normalized spacial score (nSPS) is 19.2. The van der Waals surface area contributed by atoms with Gasteiger partial charge in [-0.25, -0.2) is 4.79 Å². The molecule has 0 radical (unpaired) electrons. The number of hydrogen-bond acceptors (Lipinski definition) is 3. The van der Waals surface area contributed by atoms with Crippen LogP contribution in [0.25, 0.3) is 0 Å². The van der Waals surface area contributed by atoms with Gasteiger partial charge in [-0.1, -0.05) is 18.2 Å². The number of ketones is 1. The number of alkyl halides is 3. The fraction of sp³-hybridized carbons (Fsp3) is 0.200. The number of carbonyl (C=O) groups excluding carboxylic acids is 2. The van der Waals surface area contributed by atoms with Gasteiger partial charge in [0.25, 0.3) is 5.78 Å². The molecule has 0 aliphatic carbocycles. The van der Waals surface area contributed by atoms with Gasteiger partial charge in [-0.2, -0.15) is 13.2 Å². The maximum atomic E-state index is 12.2. The van der Waals surface area contributed by atoms with Crippen LogP contribution in [0, 0.1) is 0 Å². The second kappa shape index (κ2) is 3.33. The highest BCUT2D eigenvalue weighted by Gasteiger charge is 2.49. The van der Waals surface area contributed by atoms with E-state index in [4.69, 9.17) is 0 Å². The Bertz CT molecular complexity index is 465. The molecule has 0 saturated heterocycles. The first kappa shape index (κ1) is 10.7. The summed E-state index contributed by atoms with van der Waals surface area (Å²) in [6, 6.07) is 5.52. The second-order valence-electron chi connectivity index (χ2n) is 3.23. The van der Waals surface area contributed by atoms with E-state index in [0.29, 0.717) is 0 Å². The highest BCUT2D eigenvalue weighted by molar-refractivity contribution is 6.01. The number of hydrogen-bond donors (Lipinski definition) is 0. The van der Waals surface area contributed by atoms with Crippen LogP contribution >= 0.6 is 0 Å². The van der Waals surface area contributed by atoms with Gasteiger partial charge in [0.05, 0.1) is 5.56 Å². The molecule has 1 aliphatic rings. The van der Waals surface area contributed by atoms with Crippen LogP contribution in [0.2, 0.25) is 0 Å². The first-order valence-electron chi connectivity index (χ1n) is 4.32.